The van der Waals surface area contributed by atoms with E-state index in [0.717, 1.165) is 45.3 Å². The maximum absolute atomic E-state index is 6.88. The van der Waals surface area contributed by atoms with E-state index in [2.05, 4.69) is 0 Å². The number of rotatable bonds is 12. The zero-order valence-electron chi connectivity index (χ0n) is 28.7. The third-order valence-corrected chi connectivity index (χ3v) is 8.33. The van der Waals surface area contributed by atoms with Crippen LogP contribution in [0.3, 0.4) is 0 Å². The maximum Gasteiger partial charge on any atom is 0.135 e. The van der Waals surface area contributed by atoms with Gasteiger partial charge in [0.2, 0.25) is 0 Å². The quantitative estimate of drug-likeness (QED) is 0.128. The molecule has 0 saturated carbocycles. The first kappa shape index (κ1) is 32.9. The van der Waals surface area contributed by atoms with E-state index in [-0.39, 0.29) is 0 Å². The van der Waals surface area contributed by atoms with Crippen LogP contribution >= 0.6 is 0 Å². The van der Waals surface area contributed by atoms with Crippen molar-refractivity contribution in [3.05, 3.63) is 206 Å². The molecule has 5 heteroatoms. The lowest BCUT2D eigenvalue weighted by Gasteiger charge is -2.18. The van der Waals surface area contributed by atoms with Crippen LogP contribution in [0.1, 0.15) is 0 Å². The van der Waals surface area contributed by atoms with E-state index in [1.54, 1.807) is 0 Å². The topological polar surface area (TPSA) is 46.2 Å². The summed E-state index contributed by atoms with van der Waals surface area (Å²) in [6.07, 6.45) is 0. The highest BCUT2D eigenvalue weighted by Gasteiger charge is 2.16. The Balaban J connectivity index is 1.19. The zero-order chi connectivity index (χ0) is 35.7. The Morgan fingerprint density at radius 3 is 0.849 bits per heavy atom. The molecule has 0 N–H and O–H groups in total. The molecule has 0 aliphatic carbocycles. The van der Waals surface area contributed by atoms with E-state index in [1.165, 1.54) is 0 Å². The molecule has 0 bridgehead atoms. The van der Waals surface area contributed by atoms with Gasteiger partial charge in [-0.3, -0.25) is 0 Å². The Hall–Kier alpha value is -7.24. The lowest BCUT2D eigenvalue weighted by atomic mass is 10.0. The van der Waals surface area contributed by atoms with E-state index < -0.39 is 0 Å². The van der Waals surface area contributed by atoms with Gasteiger partial charge in [-0.2, -0.15) is 0 Å². The molecule has 256 valence electrons. The molecule has 0 aromatic heterocycles. The zero-order valence-corrected chi connectivity index (χ0v) is 28.7. The molecule has 0 heterocycles. The van der Waals surface area contributed by atoms with Crippen LogP contribution in [0.5, 0.6) is 57.5 Å². The molecule has 0 fully saturated rings. The average Bonchev–Trinajstić information content (AvgIpc) is 3.21. The van der Waals surface area contributed by atoms with Crippen LogP contribution in [0.25, 0.3) is 22.3 Å². The van der Waals surface area contributed by atoms with Gasteiger partial charge in [0.1, 0.15) is 57.5 Å². The second-order valence-corrected chi connectivity index (χ2v) is 12.1. The summed E-state index contributed by atoms with van der Waals surface area (Å²) in [6, 6.07) is 66.5. The lowest BCUT2D eigenvalue weighted by Crippen LogP contribution is -1.94. The van der Waals surface area contributed by atoms with Gasteiger partial charge in [0.15, 0.2) is 0 Å². The first-order valence-corrected chi connectivity index (χ1v) is 17.3. The van der Waals surface area contributed by atoms with E-state index in [1.807, 2.05) is 206 Å². The molecule has 53 heavy (non-hydrogen) atoms. The van der Waals surface area contributed by atoms with E-state index in [0.29, 0.717) is 34.5 Å². The summed E-state index contributed by atoms with van der Waals surface area (Å²) in [5, 5.41) is 0. The fourth-order valence-electron chi connectivity index (χ4n) is 5.85. The number of benzene rings is 8. The molecule has 0 amide bonds. The van der Waals surface area contributed by atoms with Crippen LogP contribution in [0.15, 0.2) is 206 Å². The van der Waals surface area contributed by atoms with Gasteiger partial charge >= 0.3 is 0 Å². The Morgan fingerprint density at radius 2 is 0.509 bits per heavy atom. The van der Waals surface area contributed by atoms with Gasteiger partial charge in [0.25, 0.3) is 0 Å². The van der Waals surface area contributed by atoms with Crippen molar-refractivity contribution >= 4 is 0 Å². The first-order valence-electron chi connectivity index (χ1n) is 17.3. The minimum Gasteiger partial charge on any atom is -0.457 e. The Morgan fingerprint density at radius 1 is 0.208 bits per heavy atom. The number of hydrogen-bond acceptors (Lipinski definition) is 5. The van der Waals surface area contributed by atoms with E-state index in [9.17, 15) is 0 Å². The van der Waals surface area contributed by atoms with Gasteiger partial charge < -0.3 is 23.7 Å². The molecule has 8 rings (SSSR count). The highest BCUT2D eigenvalue weighted by molar-refractivity contribution is 5.77. The minimum atomic E-state index is 0.636. The Bertz CT molecular complexity index is 2240. The predicted molar refractivity (Wildman–Crippen MR) is 210 cm³/mol. The molecule has 0 aliphatic rings. The molecule has 0 atom stereocenters. The standard InChI is InChI=1S/C48H34O5/c1-5-17-37(18-6-1)49-41-25-13-15-35(31-41)45-33-43(51-39-21-9-3-10-22-39)27-29-47(45)53-48-30-28-44(52-40-23-11-4-12-24-40)34-46(48)36-16-14-26-42(32-36)50-38-19-7-2-8-20-38/h1-34H. The molecule has 5 nitrogen and oxygen atoms in total. The summed E-state index contributed by atoms with van der Waals surface area (Å²) in [7, 11) is 0. The summed E-state index contributed by atoms with van der Waals surface area (Å²) in [4.78, 5) is 0. The SMILES string of the molecule is c1ccc(Oc2cccc(-c3cc(Oc4ccccc4)ccc3Oc3ccc(Oc4ccccc4)cc3-c3cccc(Oc4ccccc4)c3)c2)cc1. The van der Waals surface area contributed by atoms with Gasteiger partial charge in [-0.15, -0.1) is 0 Å². The van der Waals surface area contributed by atoms with Crippen LogP contribution in [0.4, 0.5) is 0 Å². The van der Waals surface area contributed by atoms with Crippen molar-refractivity contribution in [3.8, 4) is 79.7 Å². The normalized spacial score (nSPS) is 10.6. The maximum atomic E-state index is 6.88. The van der Waals surface area contributed by atoms with Crippen molar-refractivity contribution in [2.24, 2.45) is 0 Å². The number of hydrogen-bond donors (Lipinski definition) is 0. The van der Waals surface area contributed by atoms with Crippen LogP contribution < -0.4 is 23.7 Å². The summed E-state index contributed by atoms with van der Waals surface area (Å²) >= 11 is 0. The average molecular weight is 691 g/mol. The van der Waals surface area contributed by atoms with E-state index >= 15 is 0 Å². The highest BCUT2D eigenvalue weighted by Crippen LogP contribution is 2.43. The summed E-state index contributed by atoms with van der Waals surface area (Å²) in [6.45, 7) is 0. The Labute approximate surface area is 308 Å². The van der Waals surface area contributed by atoms with Gasteiger partial charge in [-0.05, 0) is 120 Å². The van der Waals surface area contributed by atoms with Gasteiger partial charge in [-0.25, -0.2) is 0 Å². The van der Waals surface area contributed by atoms with Crippen molar-refractivity contribution in [1.82, 2.24) is 0 Å². The summed E-state index contributed by atoms with van der Waals surface area (Å²) in [5.74, 6) is 7.00. The predicted octanol–water partition coefficient (Wildman–Crippen LogP) is 14.0. The molecule has 0 aliphatic heterocycles. The molecule has 0 radical (unpaired) electrons. The van der Waals surface area contributed by atoms with Crippen LogP contribution in [0, 0.1) is 0 Å². The van der Waals surface area contributed by atoms with Gasteiger partial charge in [0.05, 0.1) is 0 Å². The van der Waals surface area contributed by atoms with Crippen LogP contribution in [0.2, 0.25) is 0 Å². The van der Waals surface area contributed by atoms with Crippen molar-refractivity contribution < 1.29 is 23.7 Å². The monoisotopic (exact) mass is 690 g/mol. The van der Waals surface area contributed by atoms with Crippen LogP contribution in [-0.4, -0.2) is 0 Å². The van der Waals surface area contributed by atoms with Gasteiger partial charge in [-0.1, -0.05) is 97.1 Å². The van der Waals surface area contributed by atoms with Crippen molar-refractivity contribution in [2.75, 3.05) is 0 Å². The molecule has 0 saturated heterocycles. The fraction of sp³-hybridized carbons (Fsp3) is 0. The molecule has 0 unspecified atom stereocenters. The lowest BCUT2D eigenvalue weighted by molar-refractivity contribution is 0.466. The smallest absolute Gasteiger partial charge is 0.135 e. The molecule has 8 aromatic rings. The largest absolute Gasteiger partial charge is 0.457 e. The third-order valence-electron chi connectivity index (χ3n) is 8.33. The van der Waals surface area contributed by atoms with Crippen molar-refractivity contribution in [2.45, 2.75) is 0 Å². The van der Waals surface area contributed by atoms with Crippen LogP contribution in [-0.2, 0) is 0 Å². The molecule has 0 spiro atoms. The van der Waals surface area contributed by atoms with Crippen molar-refractivity contribution in [1.29, 1.82) is 0 Å². The first-order chi connectivity index (χ1) is 26.2. The second kappa shape index (κ2) is 15.8. The Kier molecular flexibility index (Phi) is 9.79. The fourth-order valence-corrected chi connectivity index (χ4v) is 5.85. The third kappa shape index (κ3) is 8.39. The highest BCUT2D eigenvalue weighted by atomic mass is 16.5. The number of para-hydroxylation sites is 4. The molecule has 8 aromatic carbocycles. The van der Waals surface area contributed by atoms with E-state index in [4.69, 9.17) is 23.7 Å². The second-order valence-electron chi connectivity index (χ2n) is 12.1. The number of ether oxygens (including phenoxy) is 5. The molecular formula is C48H34O5. The van der Waals surface area contributed by atoms with Gasteiger partial charge in [0, 0.05) is 11.1 Å². The minimum absolute atomic E-state index is 0.636. The summed E-state index contributed by atoms with van der Waals surface area (Å²) in [5.41, 5.74) is 3.45. The molecular weight excluding hydrogens is 657 g/mol. The van der Waals surface area contributed by atoms with Crippen molar-refractivity contribution in [3.63, 3.8) is 0 Å². The summed E-state index contributed by atoms with van der Waals surface area (Å²) < 4.78 is 31.9.